The predicted octanol–water partition coefficient (Wildman–Crippen LogP) is 4.09. The Hall–Kier alpha value is -3.46. The number of unbranched alkanes of at least 4 members (excludes halogenated alkanes) is 2. The predicted molar refractivity (Wildman–Crippen MR) is 137 cm³/mol. The Balaban J connectivity index is 1.52. The lowest BCUT2D eigenvalue weighted by Crippen LogP contribution is -2.48. The van der Waals surface area contributed by atoms with Gasteiger partial charge in [-0.1, -0.05) is 31.0 Å². The van der Waals surface area contributed by atoms with Crippen LogP contribution in [0.4, 0.5) is 10.1 Å². The molecule has 1 aromatic heterocycles. The zero-order chi connectivity index (χ0) is 25.8. The molecule has 1 aliphatic rings. The number of benzene rings is 2. The van der Waals surface area contributed by atoms with Crippen LogP contribution in [0.3, 0.4) is 0 Å². The van der Waals surface area contributed by atoms with E-state index < -0.39 is 0 Å². The summed E-state index contributed by atoms with van der Waals surface area (Å²) in [6.45, 7) is 7.57. The van der Waals surface area contributed by atoms with E-state index in [1.807, 2.05) is 31.0 Å². The molecule has 0 unspecified atom stereocenters. The van der Waals surface area contributed by atoms with Crippen molar-refractivity contribution in [2.75, 3.05) is 31.6 Å². The second kappa shape index (κ2) is 11.1. The number of fused-ring (bicyclic) bond motifs is 2. The Morgan fingerprint density at radius 2 is 1.89 bits per heavy atom. The zero-order valence-electron chi connectivity index (χ0n) is 21.4. The number of anilines is 1. The highest BCUT2D eigenvalue weighted by Crippen LogP contribution is 2.29. The number of hydrazine groups is 1. The summed E-state index contributed by atoms with van der Waals surface area (Å²) in [5.41, 5.74) is 4.97. The summed E-state index contributed by atoms with van der Waals surface area (Å²) < 4.78 is 19.1. The summed E-state index contributed by atoms with van der Waals surface area (Å²) in [5, 5.41) is 11.3. The van der Waals surface area contributed by atoms with Gasteiger partial charge in [-0.3, -0.25) is 14.6 Å². The molecule has 36 heavy (non-hydrogen) atoms. The maximum absolute atomic E-state index is 13.7. The number of hydrogen-bond donors (Lipinski definition) is 1. The van der Waals surface area contributed by atoms with Gasteiger partial charge < -0.3 is 14.7 Å². The van der Waals surface area contributed by atoms with Gasteiger partial charge in [0.05, 0.1) is 18.8 Å². The third-order valence-electron chi connectivity index (χ3n) is 6.73. The van der Waals surface area contributed by atoms with Gasteiger partial charge in [0.2, 0.25) is 5.91 Å². The first kappa shape index (κ1) is 25.6. The molecule has 3 aromatic rings. The molecule has 192 valence electrons. The van der Waals surface area contributed by atoms with Crippen LogP contribution in [0.15, 0.2) is 34.9 Å². The summed E-state index contributed by atoms with van der Waals surface area (Å²) in [4.78, 5) is 28.0. The van der Waals surface area contributed by atoms with E-state index in [-0.39, 0.29) is 30.7 Å². The van der Waals surface area contributed by atoms with Gasteiger partial charge in [-0.25, -0.2) is 9.40 Å². The first-order valence-electron chi connectivity index (χ1n) is 12.4. The molecule has 0 fully saturated rings. The van der Waals surface area contributed by atoms with Crippen LogP contribution in [0.5, 0.6) is 0 Å². The second-order valence-corrected chi connectivity index (χ2v) is 9.47. The lowest BCUT2D eigenvalue weighted by molar-refractivity contribution is -0.145. The molecule has 0 spiro atoms. The Labute approximate surface area is 211 Å². The molecule has 2 heterocycles. The van der Waals surface area contributed by atoms with E-state index in [0.29, 0.717) is 25.2 Å². The number of rotatable bonds is 10. The number of carbonyl (C=O) groups is 2. The zero-order valence-corrected chi connectivity index (χ0v) is 21.4. The molecular formula is C27H34FN5O3. The number of amides is 2. The summed E-state index contributed by atoms with van der Waals surface area (Å²) in [7, 11) is 1.72. The van der Waals surface area contributed by atoms with Crippen molar-refractivity contribution in [3.8, 4) is 0 Å². The lowest BCUT2D eigenvalue weighted by Gasteiger charge is -2.32. The number of nitrogens with zero attached hydrogens (tertiary/aromatic N) is 4. The molecule has 0 aliphatic carbocycles. The van der Waals surface area contributed by atoms with E-state index in [2.05, 4.69) is 17.4 Å². The van der Waals surface area contributed by atoms with Gasteiger partial charge in [-0.05, 0) is 61.2 Å². The molecule has 0 radical (unpaired) electrons. The highest BCUT2D eigenvalue weighted by molar-refractivity contribution is 5.90. The van der Waals surface area contributed by atoms with Gasteiger partial charge in [-0.2, -0.15) is 0 Å². The van der Waals surface area contributed by atoms with Crippen LogP contribution in [0.1, 0.15) is 48.6 Å². The summed E-state index contributed by atoms with van der Waals surface area (Å²) in [5.74, 6) is -0.577. The van der Waals surface area contributed by atoms with Crippen molar-refractivity contribution >= 4 is 28.5 Å². The molecule has 1 aliphatic heterocycles. The topological polar surface area (TPSA) is 81.9 Å². The molecule has 1 N–H and O–H groups in total. The Bertz CT molecular complexity index is 1260. The van der Waals surface area contributed by atoms with Crippen molar-refractivity contribution in [1.29, 1.82) is 0 Å². The highest BCUT2D eigenvalue weighted by Gasteiger charge is 2.27. The number of hydrogen-bond acceptors (Lipinski definition) is 6. The van der Waals surface area contributed by atoms with E-state index in [0.717, 1.165) is 52.7 Å². The number of halogens is 1. The van der Waals surface area contributed by atoms with Gasteiger partial charge >= 0.3 is 0 Å². The van der Waals surface area contributed by atoms with Crippen LogP contribution in [0, 0.1) is 19.7 Å². The molecule has 2 aromatic carbocycles. The normalized spacial score (nSPS) is 13.1. The Morgan fingerprint density at radius 1 is 1.11 bits per heavy atom. The van der Waals surface area contributed by atoms with E-state index in [4.69, 9.17) is 4.52 Å². The monoisotopic (exact) mass is 495 g/mol. The number of aryl methyl sites for hydroxylation is 2. The lowest BCUT2D eigenvalue weighted by atomic mass is 10.1. The van der Waals surface area contributed by atoms with Gasteiger partial charge in [0.15, 0.2) is 5.58 Å². The van der Waals surface area contributed by atoms with E-state index in [9.17, 15) is 14.0 Å². The summed E-state index contributed by atoms with van der Waals surface area (Å²) >= 11 is 0. The van der Waals surface area contributed by atoms with Crippen LogP contribution in [-0.2, 0) is 22.7 Å². The fraction of sp³-hybridized carbons (Fsp3) is 0.444. The fourth-order valence-electron chi connectivity index (χ4n) is 4.57. The van der Waals surface area contributed by atoms with Gasteiger partial charge in [0.1, 0.15) is 5.82 Å². The maximum atomic E-state index is 13.7. The van der Waals surface area contributed by atoms with E-state index >= 15 is 0 Å². The first-order valence-corrected chi connectivity index (χ1v) is 12.4. The third kappa shape index (κ3) is 5.67. The number of nitrogens with one attached hydrogen (secondary N) is 1. The molecule has 8 nitrogen and oxygen atoms in total. The number of likely N-dealkylation sites (N-methyl/N-ethyl adjacent to an activating group) is 1. The fourth-order valence-corrected chi connectivity index (χ4v) is 4.57. The quantitative estimate of drug-likeness (QED) is 0.427. The molecule has 0 bridgehead atoms. The Kier molecular flexibility index (Phi) is 7.88. The smallest absolute Gasteiger partial charge is 0.256 e. The molecule has 4 rings (SSSR count). The van der Waals surface area contributed by atoms with Crippen molar-refractivity contribution < 1.29 is 18.5 Å². The van der Waals surface area contributed by atoms with Crippen molar-refractivity contribution in [2.24, 2.45) is 0 Å². The van der Waals surface area contributed by atoms with E-state index in [1.165, 1.54) is 12.1 Å². The maximum Gasteiger partial charge on any atom is 0.256 e. The minimum atomic E-state index is -0.282. The molecule has 9 heteroatoms. The van der Waals surface area contributed by atoms with Gasteiger partial charge in [-0.15, -0.1) is 0 Å². The van der Waals surface area contributed by atoms with Crippen LogP contribution in [-0.4, -0.2) is 53.7 Å². The molecule has 0 atom stereocenters. The van der Waals surface area contributed by atoms with Crippen LogP contribution in [0.2, 0.25) is 0 Å². The highest BCUT2D eigenvalue weighted by atomic mass is 19.1. The van der Waals surface area contributed by atoms with Gasteiger partial charge in [0.25, 0.3) is 5.91 Å². The summed E-state index contributed by atoms with van der Waals surface area (Å²) in [6.07, 6.45) is 3.05. The van der Waals surface area contributed by atoms with Crippen molar-refractivity contribution in [3.63, 3.8) is 0 Å². The van der Waals surface area contributed by atoms with Crippen molar-refractivity contribution in [2.45, 2.75) is 53.1 Å². The number of aromatic nitrogens is 1. The van der Waals surface area contributed by atoms with Crippen LogP contribution in [0.25, 0.3) is 11.0 Å². The van der Waals surface area contributed by atoms with E-state index in [1.54, 1.807) is 23.0 Å². The average molecular weight is 496 g/mol. The SMILES string of the molecule is CCCCCNC(=O)CN(CC(=O)N(C)N1Cc2ccc(F)cc2C1)c1cc2c(C)noc2cc1C. The van der Waals surface area contributed by atoms with Gasteiger partial charge in [0, 0.05) is 37.8 Å². The molecule has 0 saturated heterocycles. The average Bonchev–Trinajstić information content (AvgIpc) is 3.43. The minimum Gasteiger partial charge on any atom is -0.356 e. The van der Waals surface area contributed by atoms with Crippen molar-refractivity contribution in [1.82, 2.24) is 20.5 Å². The summed E-state index contributed by atoms with van der Waals surface area (Å²) in [6, 6.07) is 8.54. The molecule has 0 saturated carbocycles. The van der Waals surface area contributed by atoms with Crippen molar-refractivity contribution in [3.05, 3.63) is 58.5 Å². The number of carbonyl (C=O) groups excluding carboxylic acids is 2. The molecule has 2 amide bonds. The third-order valence-corrected chi connectivity index (χ3v) is 6.73. The molecular weight excluding hydrogens is 461 g/mol. The van der Waals surface area contributed by atoms with Crippen LogP contribution >= 0.6 is 0 Å². The minimum absolute atomic E-state index is 0.0107. The Morgan fingerprint density at radius 3 is 2.67 bits per heavy atom. The standard InChI is InChI=1S/C27H34FN5O3/c1-5-6-7-10-29-26(34)16-32(24-13-23-19(3)30-36-25(23)11-18(24)2)17-27(35)31(4)33-14-20-8-9-22(28)12-21(20)15-33/h8-9,11-13H,5-7,10,14-17H2,1-4H3,(H,29,34). The second-order valence-electron chi connectivity index (χ2n) is 9.47. The van der Waals surface area contributed by atoms with Crippen LogP contribution < -0.4 is 10.2 Å². The largest absolute Gasteiger partial charge is 0.356 e. The first-order chi connectivity index (χ1) is 17.3.